The molecule has 5 aromatic rings. The highest BCUT2D eigenvalue weighted by Crippen LogP contribution is 2.28. The number of thiazole rings is 1. The summed E-state index contributed by atoms with van der Waals surface area (Å²) >= 11 is 1.19. The Hall–Kier alpha value is -3.58. The first kappa shape index (κ1) is 21.3. The van der Waals surface area contributed by atoms with Gasteiger partial charge in [0.25, 0.3) is 0 Å². The maximum absolute atomic E-state index is 12.8. The van der Waals surface area contributed by atoms with E-state index in [4.69, 9.17) is 4.98 Å². The molecule has 0 aliphatic heterocycles. The summed E-state index contributed by atoms with van der Waals surface area (Å²) in [5.74, 6) is 1.93. The van der Waals surface area contributed by atoms with E-state index >= 15 is 0 Å². The van der Waals surface area contributed by atoms with Crippen molar-refractivity contribution in [1.82, 2.24) is 24.1 Å². The van der Waals surface area contributed by atoms with E-state index in [1.54, 1.807) is 10.8 Å². The summed E-state index contributed by atoms with van der Waals surface area (Å²) < 4.78 is 4.56. The summed E-state index contributed by atoms with van der Waals surface area (Å²) in [7, 11) is 2.00. The zero-order valence-electron chi connectivity index (χ0n) is 19.1. The summed E-state index contributed by atoms with van der Waals surface area (Å²) in [6.07, 6.45) is 3.78. The monoisotopic (exact) mass is 455 g/mol. The van der Waals surface area contributed by atoms with Crippen molar-refractivity contribution >= 4 is 21.7 Å². The molecule has 0 bridgehead atoms. The highest BCUT2D eigenvalue weighted by molar-refractivity contribution is 7.16. The Balaban J connectivity index is 1.51. The van der Waals surface area contributed by atoms with Crippen molar-refractivity contribution < 1.29 is 0 Å². The van der Waals surface area contributed by atoms with Gasteiger partial charge in [0.05, 0.1) is 23.1 Å². The number of nitrogens with zero attached hydrogens (tertiary/aromatic N) is 5. The number of hydrogen-bond acceptors (Lipinski definition) is 5. The van der Waals surface area contributed by atoms with Gasteiger partial charge in [-0.05, 0) is 24.0 Å². The molecule has 0 fully saturated rings. The van der Waals surface area contributed by atoms with Crippen molar-refractivity contribution in [2.45, 2.75) is 33.2 Å². The van der Waals surface area contributed by atoms with Crippen molar-refractivity contribution in [1.29, 1.82) is 0 Å². The molecule has 0 amide bonds. The Morgan fingerprint density at radius 3 is 2.48 bits per heavy atom. The van der Waals surface area contributed by atoms with Gasteiger partial charge in [0.2, 0.25) is 0 Å². The lowest BCUT2D eigenvalue weighted by Crippen LogP contribution is -2.14. The number of rotatable bonds is 5. The summed E-state index contributed by atoms with van der Waals surface area (Å²) in [6.45, 7) is 6.77. The third-order valence-electron chi connectivity index (χ3n) is 5.78. The third-order valence-corrected chi connectivity index (χ3v) is 6.69. The molecule has 0 spiro atoms. The quantitative estimate of drug-likeness (QED) is 0.356. The highest BCUT2D eigenvalue weighted by Gasteiger charge is 2.15. The fourth-order valence-corrected chi connectivity index (χ4v) is 4.96. The molecule has 0 atom stereocenters. The molecule has 2 aromatic carbocycles. The van der Waals surface area contributed by atoms with Crippen LogP contribution in [-0.4, -0.2) is 24.1 Å². The van der Waals surface area contributed by atoms with E-state index in [1.165, 1.54) is 16.9 Å². The molecule has 0 N–H and O–H groups in total. The van der Waals surface area contributed by atoms with Gasteiger partial charge in [0.1, 0.15) is 5.82 Å². The van der Waals surface area contributed by atoms with Crippen molar-refractivity contribution in [3.8, 4) is 22.8 Å². The molecular formula is C26H25N5OS. The second kappa shape index (κ2) is 8.41. The molecule has 166 valence electrons. The largest absolute Gasteiger partial charge is 0.334 e. The molecule has 3 aromatic heterocycles. The van der Waals surface area contributed by atoms with Crippen LogP contribution in [0.5, 0.6) is 0 Å². The van der Waals surface area contributed by atoms with Crippen molar-refractivity contribution in [2.75, 3.05) is 0 Å². The van der Waals surface area contributed by atoms with Crippen molar-refractivity contribution in [3.05, 3.63) is 87.4 Å². The van der Waals surface area contributed by atoms with Crippen molar-refractivity contribution in [2.24, 2.45) is 7.05 Å². The van der Waals surface area contributed by atoms with Gasteiger partial charge in [-0.1, -0.05) is 73.7 Å². The molecule has 0 unspecified atom stereocenters. The van der Waals surface area contributed by atoms with Gasteiger partial charge in [-0.2, -0.15) is 0 Å². The number of hydrogen-bond donors (Lipinski definition) is 0. The minimum atomic E-state index is -0.0302. The van der Waals surface area contributed by atoms with E-state index < -0.39 is 0 Å². The standard InChI is InChI=1S/C26H25N5OS/c1-16(2)20-7-5-6-8-21(20)23-27-13-22-25(29-23)31(26(32)33-22)15-18-9-11-19(12-10-18)24-28-17(3)14-30(24)4/h5-14,16H,15H2,1-4H3. The van der Waals surface area contributed by atoms with Gasteiger partial charge in [-0.3, -0.25) is 9.36 Å². The molecule has 7 heteroatoms. The highest BCUT2D eigenvalue weighted by atomic mass is 32.1. The number of imidazole rings is 1. The molecular weight excluding hydrogens is 430 g/mol. The molecule has 33 heavy (non-hydrogen) atoms. The Morgan fingerprint density at radius 1 is 1.03 bits per heavy atom. The van der Waals surface area contributed by atoms with Gasteiger partial charge >= 0.3 is 4.87 Å². The van der Waals surface area contributed by atoms with Gasteiger partial charge in [0.15, 0.2) is 11.5 Å². The molecule has 5 rings (SSSR count). The minimum absolute atomic E-state index is 0.0302. The van der Waals surface area contributed by atoms with Crippen LogP contribution in [0.4, 0.5) is 0 Å². The normalized spacial score (nSPS) is 11.5. The predicted octanol–water partition coefficient (Wildman–Crippen LogP) is 5.40. The summed E-state index contributed by atoms with van der Waals surface area (Å²) in [5, 5.41) is 0. The molecule has 3 heterocycles. The second-order valence-corrected chi connectivity index (χ2v) is 9.58. The van der Waals surface area contributed by atoms with Gasteiger partial charge in [0, 0.05) is 24.4 Å². The van der Waals surface area contributed by atoms with Crippen molar-refractivity contribution in [3.63, 3.8) is 0 Å². The van der Waals surface area contributed by atoms with E-state index in [0.29, 0.717) is 23.9 Å². The maximum atomic E-state index is 12.8. The van der Waals surface area contributed by atoms with E-state index in [-0.39, 0.29) is 4.87 Å². The first-order valence-corrected chi connectivity index (χ1v) is 11.8. The lowest BCUT2D eigenvalue weighted by Gasteiger charge is -2.11. The van der Waals surface area contributed by atoms with E-state index in [2.05, 4.69) is 42.0 Å². The van der Waals surface area contributed by atoms with Gasteiger partial charge in [-0.15, -0.1) is 0 Å². The van der Waals surface area contributed by atoms with Crippen LogP contribution >= 0.6 is 11.3 Å². The molecule has 0 saturated carbocycles. The Morgan fingerprint density at radius 2 is 1.79 bits per heavy atom. The molecule has 0 aliphatic carbocycles. The maximum Gasteiger partial charge on any atom is 0.309 e. The van der Waals surface area contributed by atoms with E-state index in [1.807, 2.05) is 55.1 Å². The lowest BCUT2D eigenvalue weighted by molar-refractivity contribution is 0.803. The number of fused-ring (bicyclic) bond motifs is 1. The smallest absolute Gasteiger partial charge is 0.309 e. The minimum Gasteiger partial charge on any atom is -0.334 e. The molecule has 0 aliphatic rings. The zero-order chi connectivity index (χ0) is 23.1. The lowest BCUT2D eigenvalue weighted by atomic mass is 9.97. The number of benzene rings is 2. The van der Waals surface area contributed by atoms with Crippen LogP contribution in [0.3, 0.4) is 0 Å². The van der Waals surface area contributed by atoms with Gasteiger partial charge < -0.3 is 4.57 Å². The van der Waals surface area contributed by atoms with Crippen LogP contribution in [0.2, 0.25) is 0 Å². The van der Waals surface area contributed by atoms with Gasteiger partial charge in [-0.25, -0.2) is 15.0 Å². The first-order valence-electron chi connectivity index (χ1n) is 11.0. The van der Waals surface area contributed by atoms with Crippen LogP contribution in [0.15, 0.2) is 65.7 Å². The average Bonchev–Trinajstić information content (AvgIpc) is 3.31. The summed E-state index contributed by atoms with van der Waals surface area (Å²) in [5.41, 5.74) is 5.95. The van der Waals surface area contributed by atoms with E-state index in [0.717, 1.165) is 32.9 Å². The fraction of sp³-hybridized carbons (Fsp3) is 0.231. The fourth-order valence-electron chi connectivity index (χ4n) is 4.16. The van der Waals surface area contributed by atoms with Crippen LogP contribution < -0.4 is 4.87 Å². The van der Waals surface area contributed by atoms with Crippen LogP contribution in [-0.2, 0) is 13.6 Å². The van der Waals surface area contributed by atoms with Crippen LogP contribution in [0.1, 0.15) is 36.6 Å². The average molecular weight is 456 g/mol. The summed E-state index contributed by atoms with van der Waals surface area (Å²) in [4.78, 5) is 26.8. The van der Waals surface area contributed by atoms with E-state index in [9.17, 15) is 4.79 Å². The predicted molar refractivity (Wildman–Crippen MR) is 134 cm³/mol. The first-order chi connectivity index (χ1) is 15.9. The number of aryl methyl sites for hydroxylation is 2. The Kier molecular flexibility index (Phi) is 5.42. The Labute approximate surface area is 196 Å². The SMILES string of the molecule is Cc1cn(C)c(-c2ccc(Cn3c(=O)sc4cnc(-c5ccccc5C(C)C)nc43)cc2)n1. The second-order valence-electron chi connectivity index (χ2n) is 8.59. The summed E-state index contributed by atoms with van der Waals surface area (Å²) in [6, 6.07) is 16.4. The molecule has 6 nitrogen and oxygen atoms in total. The number of aromatic nitrogens is 5. The Bertz CT molecular complexity index is 1510. The molecule has 0 radical (unpaired) electrons. The molecule has 0 saturated heterocycles. The third kappa shape index (κ3) is 4.00. The topological polar surface area (TPSA) is 65.6 Å². The zero-order valence-corrected chi connectivity index (χ0v) is 19.9. The van der Waals surface area contributed by atoms with Crippen LogP contribution in [0, 0.1) is 6.92 Å². The van der Waals surface area contributed by atoms with Crippen LogP contribution in [0.25, 0.3) is 33.1 Å².